The van der Waals surface area contributed by atoms with Gasteiger partial charge in [-0.1, -0.05) is 38.2 Å². The third kappa shape index (κ3) is 5.31. The normalized spacial score (nSPS) is 17.3. The summed E-state index contributed by atoms with van der Waals surface area (Å²) < 4.78 is 10.3. The van der Waals surface area contributed by atoms with Crippen molar-refractivity contribution in [1.29, 1.82) is 5.26 Å². The lowest BCUT2D eigenvalue weighted by atomic mass is 9.93. The first kappa shape index (κ1) is 20.9. The van der Waals surface area contributed by atoms with Gasteiger partial charge in [-0.3, -0.25) is 0 Å². The number of nitrogens with two attached hydrogens (primary N) is 1. The van der Waals surface area contributed by atoms with Gasteiger partial charge in [0.25, 0.3) is 0 Å². The summed E-state index contributed by atoms with van der Waals surface area (Å²) in [7, 11) is 3.28. The Labute approximate surface area is 162 Å². The Bertz CT molecular complexity index is 596. The first-order chi connectivity index (χ1) is 12.7. The first-order valence-electron chi connectivity index (χ1n) is 9.70. The van der Waals surface area contributed by atoms with Crippen molar-refractivity contribution >= 4 is 11.8 Å². The highest BCUT2D eigenvalue weighted by molar-refractivity contribution is 8.01. The molecule has 1 unspecified atom stereocenters. The smallest absolute Gasteiger partial charge is 0.161 e. The summed E-state index contributed by atoms with van der Waals surface area (Å²) in [5.41, 5.74) is 6.67. The van der Waals surface area contributed by atoms with Crippen LogP contribution >= 0.6 is 11.8 Å². The van der Waals surface area contributed by atoms with Gasteiger partial charge in [0, 0.05) is 5.25 Å². The Kier molecular flexibility index (Phi) is 8.61. The van der Waals surface area contributed by atoms with Crippen molar-refractivity contribution in [2.45, 2.75) is 67.8 Å². The molecule has 2 rings (SSSR count). The van der Waals surface area contributed by atoms with E-state index in [0.29, 0.717) is 23.3 Å². The van der Waals surface area contributed by atoms with Crippen molar-refractivity contribution in [2.24, 2.45) is 5.73 Å². The minimum atomic E-state index is -0.532. The molecule has 1 fully saturated rings. The van der Waals surface area contributed by atoms with E-state index < -0.39 is 4.75 Å². The fourth-order valence-electron chi connectivity index (χ4n) is 3.67. The van der Waals surface area contributed by atoms with Gasteiger partial charge in [-0.15, -0.1) is 11.8 Å². The lowest BCUT2D eigenvalue weighted by Crippen LogP contribution is -2.25. The molecule has 1 saturated carbocycles. The first-order valence-corrected chi connectivity index (χ1v) is 10.6. The molecule has 0 aliphatic heterocycles. The highest BCUT2D eigenvalue weighted by Crippen LogP contribution is 2.48. The van der Waals surface area contributed by atoms with Crippen molar-refractivity contribution in [1.82, 2.24) is 0 Å². The summed E-state index contributed by atoms with van der Waals surface area (Å²) in [4.78, 5) is 0. The van der Waals surface area contributed by atoms with Gasteiger partial charge in [-0.2, -0.15) is 5.26 Å². The van der Waals surface area contributed by atoms with Crippen LogP contribution in [-0.4, -0.2) is 26.0 Å². The number of thioether (sulfide) groups is 1. The molecule has 0 spiro atoms. The fraction of sp³-hybridized carbons (Fsp3) is 0.667. The molecule has 4 nitrogen and oxygen atoms in total. The minimum absolute atomic E-state index is 0.532. The van der Waals surface area contributed by atoms with E-state index in [4.69, 9.17) is 15.2 Å². The Morgan fingerprint density at radius 3 is 2.46 bits per heavy atom. The van der Waals surface area contributed by atoms with Crippen LogP contribution in [0.25, 0.3) is 0 Å². The maximum Gasteiger partial charge on any atom is 0.161 e. The van der Waals surface area contributed by atoms with Gasteiger partial charge < -0.3 is 15.2 Å². The van der Waals surface area contributed by atoms with Gasteiger partial charge in [-0.05, 0) is 49.9 Å². The molecule has 5 heteroatoms. The SMILES string of the molecule is COc1ccc(C(C#N)(CCCCCN)SC2CCCCC2)cc1OC. The van der Waals surface area contributed by atoms with Crippen LogP contribution in [0.2, 0.25) is 0 Å². The van der Waals surface area contributed by atoms with E-state index in [0.717, 1.165) is 31.2 Å². The van der Waals surface area contributed by atoms with E-state index in [1.54, 1.807) is 14.2 Å². The van der Waals surface area contributed by atoms with Crippen LogP contribution in [0.15, 0.2) is 18.2 Å². The molecule has 0 heterocycles. The summed E-state index contributed by atoms with van der Waals surface area (Å²) in [5.74, 6) is 1.39. The van der Waals surface area contributed by atoms with Crippen molar-refractivity contribution in [2.75, 3.05) is 20.8 Å². The Balaban J connectivity index is 2.29. The number of hydrogen-bond acceptors (Lipinski definition) is 5. The molecule has 0 amide bonds. The summed E-state index contributed by atoms with van der Waals surface area (Å²) in [6.45, 7) is 0.714. The van der Waals surface area contributed by atoms with Crippen LogP contribution in [0.5, 0.6) is 11.5 Å². The number of nitriles is 1. The van der Waals surface area contributed by atoms with Crippen LogP contribution in [0.3, 0.4) is 0 Å². The van der Waals surface area contributed by atoms with E-state index in [-0.39, 0.29) is 0 Å². The molecule has 0 aromatic heterocycles. The second-order valence-corrected chi connectivity index (χ2v) is 8.59. The molecule has 1 aliphatic carbocycles. The molecule has 26 heavy (non-hydrogen) atoms. The predicted octanol–water partition coefficient (Wildman–Crippen LogP) is 5.01. The molecule has 0 radical (unpaired) electrons. The van der Waals surface area contributed by atoms with Crippen LogP contribution < -0.4 is 15.2 Å². The van der Waals surface area contributed by atoms with E-state index in [9.17, 15) is 5.26 Å². The number of nitrogens with zero attached hydrogens (tertiary/aromatic N) is 1. The largest absolute Gasteiger partial charge is 0.493 e. The molecule has 0 saturated heterocycles. The van der Waals surface area contributed by atoms with Gasteiger partial charge in [-0.25, -0.2) is 0 Å². The van der Waals surface area contributed by atoms with E-state index in [1.807, 2.05) is 30.0 Å². The summed E-state index contributed by atoms with van der Waals surface area (Å²) in [5, 5.41) is 10.8. The predicted molar refractivity (Wildman–Crippen MR) is 109 cm³/mol. The highest BCUT2D eigenvalue weighted by atomic mass is 32.2. The number of methoxy groups -OCH3 is 2. The third-order valence-corrected chi connectivity index (χ3v) is 6.92. The Morgan fingerprint density at radius 2 is 1.85 bits per heavy atom. The average Bonchev–Trinajstić information content (AvgIpc) is 2.70. The second-order valence-electron chi connectivity index (χ2n) is 6.99. The van der Waals surface area contributed by atoms with Crippen molar-refractivity contribution in [3.8, 4) is 17.6 Å². The average molecular weight is 377 g/mol. The van der Waals surface area contributed by atoms with Crippen LogP contribution in [0, 0.1) is 11.3 Å². The minimum Gasteiger partial charge on any atom is -0.493 e. The lowest BCUT2D eigenvalue weighted by Gasteiger charge is -2.33. The Morgan fingerprint density at radius 1 is 1.12 bits per heavy atom. The van der Waals surface area contributed by atoms with Crippen LogP contribution in [-0.2, 0) is 4.75 Å². The molecule has 0 bridgehead atoms. The van der Waals surface area contributed by atoms with Gasteiger partial charge in [0.2, 0.25) is 0 Å². The van der Waals surface area contributed by atoms with E-state index in [2.05, 4.69) is 6.07 Å². The quantitative estimate of drug-likeness (QED) is 0.582. The van der Waals surface area contributed by atoms with Crippen molar-refractivity contribution in [3.63, 3.8) is 0 Å². The number of unbranched alkanes of at least 4 members (excludes halogenated alkanes) is 2. The zero-order valence-corrected chi connectivity index (χ0v) is 16.9. The monoisotopic (exact) mass is 376 g/mol. The standard InChI is InChI=1S/C21H32N2O2S/c1-24-19-12-11-17(15-20(19)25-2)21(16-23,13-7-4-8-14-22)26-18-9-5-3-6-10-18/h11-12,15,18H,3-10,13-14,22H2,1-2H3. The molecule has 1 aromatic rings. The van der Waals surface area contributed by atoms with Gasteiger partial charge >= 0.3 is 0 Å². The number of ether oxygens (including phenoxy) is 2. The summed E-state index contributed by atoms with van der Waals surface area (Å²) >= 11 is 1.87. The molecule has 1 atom stereocenters. The van der Waals surface area contributed by atoms with Gasteiger partial charge in [0.15, 0.2) is 11.5 Å². The topological polar surface area (TPSA) is 68.3 Å². The molecule has 2 N–H and O–H groups in total. The van der Waals surface area contributed by atoms with Crippen molar-refractivity contribution in [3.05, 3.63) is 23.8 Å². The third-order valence-electron chi connectivity index (χ3n) is 5.18. The van der Waals surface area contributed by atoms with Crippen LogP contribution in [0.1, 0.15) is 63.4 Å². The maximum atomic E-state index is 10.2. The van der Waals surface area contributed by atoms with Crippen LogP contribution in [0.4, 0.5) is 0 Å². The van der Waals surface area contributed by atoms with E-state index >= 15 is 0 Å². The van der Waals surface area contributed by atoms with Gasteiger partial charge in [0.05, 0.1) is 20.3 Å². The zero-order chi connectivity index (χ0) is 18.8. The maximum absolute atomic E-state index is 10.2. The molecular weight excluding hydrogens is 344 g/mol. The lowest BCUT2D eigenvalue weighted by molar-refractivity contribution is 0.354. The highest BCUT2D eigenvalue weighted by Gasteiger charge is 2.36. The second kappa shape index (κ2) is 10.7. The molecule has 144 valence electrons. The summed E-state index contributed by atoms with van der Waals surface area (Å²) in [6.07, 6.45) is 10.2. The molecular formula is C21H32N2O2S. The van der Waals surface area contributed by atoms with E-state index in [1.165, 1.54) is 32.1 Å². The fourth-order valence-corrected chi connectivity index (χ4v) is 5.38. The van der Waals surface area contributed by atoms with Crippen molar-refractivity contribution < 1.29 is 9.47 Å². The number of hydrogen-bond donors (Lipinski definition) is 1. The zero-order valence-electron chi connectivity index (χ0n) is 16.1. The number of rotatable bonds is 10. The Hall–Kier alpha value is -1.38. The molecule has 1 aromatic carbocycles. The van der Waals surface area contributed by atoms with Gasteiger partial charge in [0.1, 0.15) is 4.75 Å². The summed E-state index contributed by atoms with van der Waals surface area (Å²) in [6, 6.07) is 8.62. The number of benzene rings is 1. The molecule has 1 aliphatic rings.